The number of anilines is 1. The minimum Gasteiger partial charge on any atom is -0.478 e. The molecule has 2 aromatic rings. The third-order valence-corrected chi connectivity index (χ3v) is 4.41. The van der Waals surface area contributed by atoms with Gasteiger partial charge >= 0.3 is 5.97 Å². The van der Waals surface area contributed by atoms with Crippen molar-refractivity contribution < 1.29 is 14.3 Å². The van der Waals surface area contributed by atoms with Gasteiger partial charge in [-0.2, -0.15) is 0 Å². The monoisotopic (exact) mass is 328 g/mol. The fourth-order valence-electron chi connectivity index (χ4n) is 3.10. The molecule has 4 nitrogen and oxygen atoms in total. The Balaban J connectivity index is 1.57. The average molecular weight is 328 g/mol. The number of rotatable bonds is 5. The molecule has 1 atom stereocenters. The highest BCUT2D eigenvalue weighted by molar-refractivity contribution is 5.87. The van der Waals surface area contributed by atoms with Crippen LogP contribution in [0.1, 0.15) is 28.8 Å². The van der Waals surface area contributed by atoms with Crippen molar-refractivity contribution in [2.45, 2.75) is 25.4 Å². The first-order valence-electron chi connectivity index (χ1n) is 8.18. The van der Waals surface area contributed by atoms with Crippen molar-refractivity contribution in [1.29, 1.82) is 0 Å². The fraction of sp³-hybridized carbons (Fsp3) is 0.316. The number of piperidine rings is 1. The lowest BCUT2D eigenvalue weighted by molar-refractivity contribution is 0.0697. The third kappa shape index (κ3) is 3.92. The molecule has 126 valence electrons. The number of hydrogen-bond acceptors (Lipinski definition) is 3. The predicted octanol–water partition coefficient (Wildman–Crippen LogP) is 3.28. The highest BCUT2D eigenvalue weighted by Gasteiger charge is 2.21. The Morgan fingerprint density at radius 2 is 1.96 bits per heavy atom. The van der Waals surface area contributed by atoms with E-state index in [0.29, 0.717) is 17.8 Å². The van der Waals surface area contributed by atoms with Crippen molar-refractivity contribution in [3.63, 3.8) is 0 Å². The van der Waals surface area contributed by atoms with Gasteiger partial charge in [-0.15, -0.1) is 0 Å². The van der Waals surface area contributed by atoms with E-state index in [9.17, 15) is 9.18 Å². The molecule has 0 bridgehead atoms. The summed E-state index contributed by atoms with van der Waals surface area (Å²) in [6, 6.07) is 14.1. The first-order valence-corrected chi connectivity index (χ1v) is 8.18. The van der Waals surface area contributed by atoms with Gasteiger partial charge < -0.3 is 15.3 Å². The number of carbonyl (C=O) groups is 1. The molecule has 24 heavy (non-hydrogen) atoms. The van der Waals surface area contributed by atoms with Crippen LogP contribution in [-0.4, -0.2) is 30.2 Å². The Labute approximate surface area is 140 Å². The highest BCUT2D eigenvalue weighted by Crippen LogP contribution is 2.23. The molecule has 0 spiro atoms. The molecule has 0 saturated carbocycles. The summed E-state index contributed by atoms with van der Waals surface area (Å²) in [6.07, 6.45) is 2.07. The number of aromatic carboxylic acids is 1. The Hall–Kier alpha value is -2.40. The van der Waals surface area contributed by atoms with E-state index in [1.54, 1.807) is 18.2 Å². The zero-order chi connectivity index (χ0) is 16.9. The minimum atomic E-state index is -0.915. The molecule has 1 unspecified atom stereocenters. The third-order valence-electron chi connectivity index (χ3n) is 4.41. The molecular weight excluding hydrogens is 307 g/mol. The molecular formula is C19H21FN2O2. The quantitative estimate of drug-likeness (QED) is 0.884. The summed E-state index contributed by atoms with van der Waals surface area (Å²) in [5.41, 5.74) is 2.00. The lowest BCUT2D eigenvalue weighted by Gasteiger charge is -2.35. The molecule has 0 amide bonds. The number of carboxylic acid groups (broad SMARTS) is 1. The first kappa shape index (κ1) is 16.5. The van der Waals surface area contributed by atoms with E-state index in [0.717, 1.165) is 31.5 Å². The number of benzene rings is 2. The molecule has 0 aliphatic carbocycles. The standard InChI is InChI=1S/C19H21FN2O2/c20-17-5-1-2-6-18(17)22-11-3-4-16(13-22)21-12-14-7-9-15(10-8-14)19(23)24/h1-2,5-10,16,21H,3-4,11-13H2,(H,23,24). The van der Waals surface area contributed by atoms with E-state index in [1.165, 1.54) is 6.07 Å². The van der Waals surface area contributed by atoms with Crippen LogP contribution in [0, 0.1) is 5.82 Å². The highest BCUT2D eigenvalue weighted by atomic mass is 19.1. The van der Waals surface area contributed by atoms with Crippen LogP contribution in [-0.2, 0) is 6.54 Å². The van der Waals surface area contributed by atoms with Crippen molar-refractivity contribution in [3.05, 3.63) is 65.5 Å². The molecule has 3 rings (SSSR count). The van der Waals surface area contributed by atoms with Gasteiger partial charge in [0.1, 0.15) is 5.82 Å². The van der Waals surface area contributed by atoms with Gasteiger partial charge in [-0.25, -0.2) is 9.18 Å². The van der Waals surface area contributed by atoms with Crippen molar-refractivity contribution >= 4 is 11.7 Å². The number of nitrogens with zero attached hydrogens (tertiary/aromatic N) is 1. The zero-order valence-electron chi connectivity index (χ0n) is 13.4. The van der Waals surface area contributed by atoms with E-state index >= 15 is 0 Å². The van der Waals surface area contributed by atoms with Crippen molar-refractivity contribution in [2.75, 3.05) is 18.0 Å². The predicted molar refractivity (Wildman–Crippen MR) is 91.9 cm³/mol. The van der Waals surface area contributed by atoms with Gasteiger partial charge in [0.25, 0.3) is 0 Å². The van der Waals surface area contributed by atoms with Gasteiger partial charge in [0.2, 0.25) is 0 Å². The largest absolute Gasteiger partial charge is 0.478 e. The van der Waals surface area contributed by atoms with E-state index in [2.05, 4.69) is 10.2 Å². The fourth-order valence-corrected chi connectivity index (χ4v) is 3.10. The molecule has 1 heterocycles. The van der Waals surface area contributed by atoms with Crippen LogP contribution in [0.3, 0.4) is 0 Å². The lowest BCUT2D eigenvalue weighted by atomic mass is 10.0. The summed E-state index contributed by atoms with van der Waals surface area (Å²) in [5, 5.41) is 12.4. The van der Waals surface area contributed by atoms with Crippen molar-refractivity contribution in [2.24, 2.45) is 0 Å². The van der Waals surface area contributed by atoms with E-state index in [4.69, 9.17) is 5.11 Å². The van der Waals surface area contributed by atoms with Crippen LogP contribution < -0.4 is 10.2 Å². The second-order valence-electron chi connectivity index (χ2n) is 6.12. The number of para-hydroxylation sites is 1. The second kappa shape index (κ2) is 7.45. The van der Waals surface area contributed by atoms with Gasteiger partial charge in [0, 0.05) is 25.7 Å². The maximum atomic E-state index is 13.9. The molecule has 1 aliphatic rings. The van der Waals surface area contributed by atoms with Crippen LogP contribution >= 0.6 is 0 Å². The Kier molecular flexibility index (Phi) is 5.11. The van der Waals surface area contributed by atoms with Crippen molar-refractivity contribution in [3.8, 4) is 0 Å². The number of hydrogen-bond donors (Lipinski definition) is 2. The zero-order valence-corrected chi connectivity index (χ0v) is 13.4. The SMILES string of the molecule is O=C(O)c1ccc(CNC2CCCN(c3ccccc3F)C2)cc1. The summed E-state index contributed by atoms with van der Waals surface area (Å²) < 4.78 is 13.9. The Morgan fingerprint density at radius 3 is 2.67 bits per heavy atom. The number of carboxylic acids is 1. The summed E-state index contributed by atoms with van der Waals surface area (Å²) >= 11 is 0. The van der Waals surface area contributed by atoms with E-state index in [1.807, 2.05) is 24.3 Å². The lowest BCUT2D eigenvalue weighted by Crippen LogP contribution is -2.45. The summed E-state index contributed by atoms with van der Waals surface area (Å²) in [7, 11) is 0. The van der Waals surface area contributed by atoms with Crippen LogP contribution in [0.15, 0.2) is 48.5 Å². The summed E-state index contributed by atoms with van der Waals surface area (Å²) in [6.45, 7) is 2.32. The van der Waals surface area contributed by atoms with Gasteiger partial charge in [0.15, 0.2) is 0 Å². The molecule has 1 aliphatic heterocycles. The molecule has 2 N–H and O–H groups in total. The molecule has 1 saturated heterocycles. The molecule has 0 aromatic heterocycles. The Morgan fingerprint density at radius 1 is 1.21 bits per heavy atom. The molecule has 1 fully saturated rings. The maximum Gasteiger partial charge on any atom is 0.335 e. The summed E-state index contributed by atoms with van der Waals surface area (Å²) in [4.78, 5) is 13.0. The average Bonchev–Trinajstić information content (AvgIpc) is 2.61. The second-order valence-corrected chi connectivity index (χ2v) is 6.12. The number of halogens is 1. The molecule has 2 aromatic carbocycles. The molecule has 5 heteroatoms. The Bertz CT molecular complexity index is 703. The van der Waals surface area contributed by atoms with Crippen LogP contribution in [0.5, 0.6) is 0 Å². The maximum absolute atomic E-state index is 13.9. The van der Waals surface area contributed by atoms with Gasteiger partial charge in [0.05, 0.1) is 11.3 Å². The van der Waals surface area contributed by atoms with Crippen LogP contribution in [0.2, 0.25) is 0 Å². The topological polar surface area (TPSA) is 52.6 Å². The smallest absolute Gasteiger partial charge is 0.335 e. The number of nitrogens with one attached hydrogen (secondary N) is 1. The summed E-state index contributed by atoms with van der Waals surface area (Å²) in [5.74, 6) is -1.09. The van der Waals surface area contributed by atoms with Gasteiger partial charge in [-0.05, 0) is 42.7 Å². The first-order chi connectivity index (χ1) is 11.6. The van der Waals surface area contributed by atoms with E-state index < -0.39 is 5.97 Å². The van der Waals surface area contributed by atoms with Gasteiger partial charge in [-0.3, -0.25) is 0 Å². The minimum absolute atomic E-state index is 0.178. The van der Waals surface area contributed by atoms with Gasteiger partial charge in [-0.1, -0.05) is 24.3 Å². The van der Waals surface area contributed by atoms with Crippen LogP contribution in [0.4, 0.5) is 10.1 Å². The normalized spacial score (nSPS) is 17.7. The van der Waals surface area contributed by atoms with Crippen LogP contribution in [0.25, 0.3) is 0 Å². The van der Waals surface area contributed by atoms with Crippen molar-refractivity contribution in [1.82, 2.24) is 5.32 Å². The molecule has 0 radical (unpaired) electrons. The van der Waals surface area contributed by atoms with E-state index in [-0.39, 0.29) is 11.9 Å².